The standard InChI is InChI=1S/C13H20BrN3O4/c1-6-7-17-9(15-11(19)21-13(2,3)4)8(14)10(18)16(5)12(17)20/h6-7H2,1-5H3,(H,15,19). The van der Waals surface area contributed by atoms with E-state index in [2.05, 4.69) is 21.2 Å². The first-order valence-corrected chi connectivity index (χ1v) is 7.37. The molecule has 1 heterocycles. The monoisotopic (exact) mass is 361 g/mol. The Kier molecular flexibility index (Phi) is 5.38. The summed E-state index contributed by atoms with van der Waals surface area (Å²) in [5.41, 5.74) is -1.68. The maximum absolute atomic E-state index is 12.1. The Morgan fingerprint density at radius 3 is 2.38 bits per heavy atom. The number of rotatable bonds is 3. The second-order valence-corrected chi connectivity index (χ2v) is 6.38. The summed E-state index contributed by atoms with van der Waals surface area (Å²) in [5, 5.41) is 2.47. The largest absolute Gasteiger partial charge is 0.444 e. The number of aromatic nitrogens is 2. The quantitative estimate of drug-likeness (QED) is 0.893. The fourth-order valence-electron chi connectivity index (χ4n) is 1.68. The fraction of sp³-hybridized carbons (Fsp3) is 0.615. The van der Waals surface area contributed by atoms with Crippen molar-refractivity contribution in [3.8, 4) is 0 Å². The van der Waals surface area contributed by atoms with Crippen molar-refractivity contribution in [1.82, 2.24) is 9.13 Å². The van der Waals surface area contributed by atoms with Crippen LogP contribution in [0.5, 0.6) is 0 Å². The van der Waals surface area contributed by atoms with Crippen LogP contribution in [0.1, 0.15) is 34.1 Å². The Labute approximate surface area is 131 Å². The Bertz CT molecular complexity index is 655. The Balaban J connectivity index is 3.31. The molecule has 0 bridgehead atoms. The number of ether oxygens (including phenoxy) is 1. The molecule has 0 aliphatic carbocycles. The van der Waals surface area contributed by atoms with Gasteiger partial charge in [0.25, 0.3) is 5.56 Å². The molecule has 0 spiro atoms. The minimum absolute atomic E-state index is 0.110. The summed E-state index contributed by atoms with van der Waals surface area (Å²) in [4.78, 5) is 35.9. The SMILES string of the molecule is CCCn1c(NC(=O)OC(C)(C)C)c(Br)c(=O)n(C)c1=O. The first-order valence-electron chi connectivity index (χ1n) is 6.57. The number of hydrogen-bond acceptors (Lipinski definition) is 4. The summed E-state index contributed by atoms with van der Waals surface area (Å²) in [6.07, 6.45) is -0.0474. The van der Waals surface area contributed by atoms with E-state index < -0.39 is 22.9 Å². The number of amides is 1. The van der Waals surface area contributed by atoms with Gasteiger partial charge in [0.1, 0.15) is 15.9 Å². The molecule has 0 unspecified atom stereocenters. The van der Waals surface area contributed by atoms with Gasteiger partial charge in [-0.1, -0.05) is 6.92 Å². The lowest BCUT2D eigenvalue weighted by Crippen LogP contribution is -2.41. The van der Waals surface area contributed by atoms with Gasteiger partial charge in [-0.05, 0) is 43.1 Å². The summed E-state index contributed by atoms with van der Waals surface area (Å²) in [7, 11) is 1.39. The number of hydrogen-bond donors (Lipinski definition) is 1. The third-order valence-electron chi connectivity index (χ3n) is 2.55. The van der Waals surface area contributed by atoms with Crippen molar-refractivity contribution in [2.75, 3.05) is 5.32 Å². The second-order valence-electron chi connectivity index (χ2n) is 5.59. The first kappa shape index (κ1) is 17.5. The number of nitrogens with zero attached hydrogens (tertiary/aromatic N) is 2. The van der Waals surface area contributed by atoms with Crippen LogP contribution in [0.3, 0.4) is 0 Å². The van der Waals surface area contributed by atoms with Gasteiger partial charge in [-0.2, -0.15) is 0 Å². The first-order chi connectivity index (χ1) is 9.58. The van der Waals surface area contributed by atoms with Crippen molar-refractivity contribution in [2.45, 2.75) is 46.3 Å². The molecule has 1 N–H and O–H groups in total. The highest BCUT2D eigenvalue weighted by Gasteiger charge is 2.21. The Hall–Kier alpha value is -1.57. The molecule has 1 amide bonds. The van der Waals surface area contributed by atoms with Crippen molar-refractivity contribution < 1.29 is 9.53 Å². The molecule has 8 heteroatoms. The van der Waals surface area contributed by atoms with Crippen LogP contribution in [-0.4, -0.2) is 20.8 Å². The summed E-state index contributed by atoms with van der Waals surface area (Å²) in [6, 6.07) is 0. The number of halogens is 1. The lowest BCUT2D eigenvalue weighted by atomic mass is 10.2. The van der Waals surface area contributed by atoms with Gasteiger partial charge >= 0.3 is 11.8 Å². The zero-order valence-corrected chi connectivity index (χ0v) is 14.4. The van der Waals surface area contributed by atoms with E-state index in [9.17, 15) is 14.4 Å². The fourth-order valence-corrected chi connectivity index (χ4v) is 2.26. The van der Waals surface area contributed by atoms with E-state index >= 15 is 0 Å². The molecule has 0 fully saturated rings. The summed E-state index contributed by atoms with van der Waals surface area (Å²) in [5.74, 6) is 0.110. The molecule has 0 atom stereocenters. The van der Waals surface area contributed by atoms with E-state index in [4.69, 9.17) is 4.74 Å². The zero-order chi connectivity index (χ0) is 16.4. The van der Waals surface area contributed by atoms with Gasteiger partial charge in [-0.15, -0.1) is 0 Å². The smallest absolute Gasteiger partial charge is 0.413 e. The molecule has 0 radical (unpaired) electrons. The lowest BCUT2D eigenvalue weighted by Gasteiger charge is -2.21. The average molecular weight is 362 g/mol. The van der Waals surface area contributed by atoms with Crippen LogP contribution in [0.4, 0.5) is 10.6 Å². The second kappa shape index (κ2) is 6.46. The van der Waals surface area contributed by atoms with E-state index in [0.717, 1.165) is 4.57 Å². The number of carbonyl (C=O) groups excluding carboxylic acids is 1. The minimum atomic E-state index is -0.722. The molecule has 0 aliphatic rings. The van der Waals surface area contributed by atoms with Crippen LogP contribution in [0, 0.1) is 0 Å². The predicted molar refractivity (Wildman–Crippen MR) is 83.8 cm³/mol. The Morgan fingerprint density at radius 1 is 1.33 bits per heavy atom. The molecule has 21 heavy (non-hydrogen) atoms. The Morgan fingerprint density at radius 2 is 1.90 bits per heavy atom. The van der Waals surface area contributed by atoms with Crippen LogP contribution in [0.15, 0.2) is 14.1 Å². The van der Waals surface area contributed by atoms with Crippen molar-refractivity contribution in [1.29, 1.82) is 0 Å². The number of carbonyl (C=O) groups is 1. The van der Waals surface area contributed by atoms with Crippen LogP contribution in [0.2, 0.25) is 0 Å². The van der Waals surface area contributed by atoms with Gasteiger partial charge in [0.2, 0.25) is 0 Å². The van der Waals surface area contributed by atoms with E-state index in [1.54, 1.807) is 20.8 Å². The van der Waals surface area contributed by atoms with Gasteiger partial charge in [0.05, 0.1) is 0 Å². The average Bonchev–Trinajstić information content (AvgIpc) is 2.36. The number of anilines is 1. The van der Waals surface area contributed by atoms with Crippen molar-refractivity contribution in [3.63, 3.8) is 0 Å². The highest BCUT2D eigenvalue weighted by atomic mass is 79.9. The van der Waals surface area contributed by atoms with Crippen molar-refractivity contribution in [3.05, 3.63) is 25.3 Å². The van der Waals surface area contributed by atoms with E-state index in [0.29, 0.717) is 13.0 Å². The molecule has 1 rings (SSSR count). The van der Waals surface area contributed by atoms with Crippen LogP contribution < -0.4 is 16.6 Å². The van der Waals surface area contributed by atoms with Gasteiger partial charge < -0.3 is 4.74 Å². The molecule has 0 aromatic carbocycles. The molecule has 0 saturated carbocycles. The van der Waals surface area contributed by atoms with E-state index in [1.165, 1.54) is 11.6 Å². The molecule has 7 nitrogen and oxygen atoms in total. The predicted octanol–water partition coefficient (Wildman–Crippen LogP) is 2.07. The van der Waals surface area contributed by atoms with Crippen LogP contribution in [0.25, 0.3) is 0 Å². The molecular formula is C13H20BrN3O4. The summed E-state index contributed by atoms with van der Waals surface area (Å²) >= 11 is 3.13. The lowest BCUT2D eigenvalue weighted by molar-refractivity contribution is 0.0634. The molecule has 118 valence electrons. The molecular weight excluding hydrogens is 342 g/mol. The summed E-state index contributed by atoms with van der Waals surface area (Å²) < 4.78 is 7.57. The van der Waals surface area contributed by atoms with Gasteiger partial charge in [-0.3, -0.25) is 19.2 Å². The molecule has 0 aliphatic heterocycles. The molecule has 1 aromatic rings. The van der Waals surface area contributed by atoms with E-state index in [1.807, 2.05) is 6.92 Å². The number of nitrogens with one attached hydrogen (secondary N) is 1. The van der Waals surface area contributed by atoms with Crippen LogP contribution in [-0.2, 0) is 18.3 Å². The third kappa shape index (κ3) is 4.20. The zero-order valence-electron chi connectivity index (χ0n) is 12.8. The molecule has 1 aromatic heterocycles. The maximum Gasteiger partial charge on any atom is 0.413 e. The third-order valence-corrected chi connectivity index (χ3v) is 3.27. The normalized spacial score (nSPS) is 11.3. The van der Waals surface area contributed by atoms with Crippen LogP contribution >= 0.6 is 15.9 Å². The van der Waals surface area contributed by atoms with E-state index in [-0.39, 0.29) is 10.3 Å². The highest BCUT2D eigenvalue weighted by molar-refractivity contribution is 9.10. The van der Waals surface area contributed by atoms with Crippen molar-refractivity contribution in [2.24, 2.45) is 7.05 Å². The highest BCUT2D eigenvalue weighted by Crippen LogP contribution is 2.18. The maximum atomic E-state index is 12.1. The topological polar surface area (TPSA) is 82.3 Å². The van der Waals surface area contributed by atoms with Gasteiger partial charge in [0, 0.05) is 13.6 Å². The van der Waals surface area contributed by atoms with Gasteiger partial charge in [0.15, 0.2) is 0 Å². The molecule has 0 saturated heterocycles. The van der Waals surface area contributed by atoms with Gasteiger partial charge in [-0.25, -0.2) is 9.59 Å². The summed E-state index contributed by atoms with van der Waals surface area (Å²) in [6.45, 7) is 7.44. The van der Waals surface area contributed by atoms with Crippen molar-refractivity contribution >= 4 is 27.8 Å². The minimum Gasteiger partial charge on any atom is -0.444 e.